The second-order valence-electron chi connectivity index (χ2n) is 4.72. The van der Waals surface area contributed by atoms with E-state index in [0.717, 1.165) is 30.8 Å². The van der Waals surface area contributed by atoms with Gasteiger partial charge in [-0.15, -0.1) is 11.3 Å². The molecule has 1 aromatic heterocycles. The molecule has 1 aromatic rings. The van der Waals surface area contributed by atoms with E-state index in [0.29, 0.717) is 10.7 Å². The van der Waals surface area contributed by atoms with Gasteiger partial charge in [0.2, 0.25) is 0 Å². The first kappa shape index (κ1) is 13.1. The number of thiophene rings is 1. The molecular formula is C13H18BrNOS. The van der Waals surface area contributed by atoms with Crippen molar-refractivity contribution in [1.82, 2.24) is 4.90 Å². The van der Waals surface area contributed by atoms with Gasteiger partial charge in [0.15, 0.2) is 0 Å². The molecule has 1 aliphatic rings. The summed E-state index contributed by atoms with van der Waals surface area (Å²) in [5.74, 6) is 0.924. The van der Waals surface area contributed by atoms with Gasteiger partial charge in [0.25, 0.3) is 5.91 Å². The predicted octanol–water partition coefficient (Wildman–Crippen LogP) is 3.69. The standard InChI is InChI=1S/C13H18BrNOS/c1-9-3-4-12(17-9)13(16)15-7-5-11(6-8-15)10(2)14/h3-4,10-11H,5-8H2,1-2H3. The summed E-state index contributed by atoms with van der Waals surface area (Å²) < 4.78 is 0. The third-order valence-electron chi connectivity index (χ3n) is 3.43. The maximum atomic E-state index is 12.2. The fourth-order valence-corrected chi connectivity index (χ4v) is 3.63. The number of aryl methyl sites for hydroxylation is 1. The van der Waals surface area contributed by atoms with Crippen molar-refractivity contribution < 1.29 is 4.79 Å². The quantitative estimate of drug-likeness (QED) is 0.762. The van der Waals surface area contributed by atoms with E-state index in [1.165, 1.54) is 4.88 Å². The third kappa shape index (κ3) is 3.10. The molecule has 0 aromatic carbocycles. The summed E-state index contributed by atoms with van der Waals surface area (Å²) in [7, 11) is 0. The van der Waals surface area contributed by atoms with Gasteiger partial charge < -0.3 is 4.90 Å². The number of piperidine rings is 1. The first-order valence-electron chi connectivity index (χ1n) is 6.07. The molecular weight excluding hydrogens is 298 g/mol. The Hall–Kier alpha value is -0.350. The third-order valence-corrected chi connectivity index (χ3v) is 5.16. The Morgan fingerprint density at radius 1 is 1.47 bits per heavy atom. The lowest BCUT2D eigenvalue weighted by molar-refractivity contribution is 0.0696. The highest BCUT2D eigenvalue weighted by atomic mass is 79.9. The topological polar surface area (TPSA) is 20.3 Å². The number of carbonyl (C=O) groups excluding carboxylic acids is 1. The molecule has 1 amide bonds. The largest absolute Gasteiger partial charge is 0.338 e. The van der Waals surface area contributed by atoms with Crippen LogP contribution in [0.5, 0.6) is 0 Å². The summed E-state index contributed by atoms with van der Waals surface area (Å²) >= 11 is 5.24. The van der Waals surface area contributed by atoms with Crippen LogP contribution >= 0.6 is 27.3 Å². The Morgan fingerprint density at radius 2 is 2.12 bits per heavy atom. The van der Waals surface area contributed by atoms with Gasteiger partial charge in [-0.25, -0.2) is 0 Å². The number of carbonyl (C=O) groups is 1. The average molecular weight is 316 g/mol. The van der Waals surface area contributed by atoms with Gasteiger partial charge in [0.05, 0.1) is 4.88 Å². The number of halogens is 1. The van der Waals surface area contributed by atoms with Crippen molar-refractivity contribution in [2.45, 2.75) is 31.5 Å². The molecule has 2 nitrogen and oxygen atoms in total. The molecule has 0 radical (unpaired) electrons. The van der Waals surface area contributed by atoms with Gasteiger partial charge in [0, 0.05) is 22.8 Å². The van der Waals surface area contributed by atoms with E-state index in [-0.39, 0.29) is 5.91 Å². The van der Waals surface area contributed by atoms with Gasteiger partial charge in [-0.1, -0.05) is 22.9 Å². The minimum atomic E-state index is 0.212. The van der Waals surface area contributed by atoms with Gasteiger partial charge in [-0.3, -0.25) is 4.79 Å². The van der Waals surface area contributed by atoms with Crippen molar-refractivity contribution >= 4 is 33.2 Å². The first-order valence-corrected chi connectivity index (χ1v) is 7.81. The molecule has 94 valence electrons. The van der Waals surface area contributed by atoms with Crippen molar-refractivity contribution in [3.63, 3.8) is 0 Å². The molecule has 1 fully saturated rings. The van der Waals surface area contributed by atoms with Gasteiger partial charge in [-0.2, -0.15) is 0 Å². The van der Waals surface area contributed by atoms with Crippen LogP contribution in [0.1, 0.15) is 34.3 Å². The zero-order valence-electron chi connectivity index (χ0n) is 10.3. The molecule has 0 aliphatic carbocycles. The summed E-state index contributed by atoms with van der Waals surface area (Å²) in [4.78, 5) is 16.9. The normalized spacial score (nSPS) is 19.4. The number of hydrogen-bond donors (Lipinski definition) is 0. The molecule has 0 spiro atoms. The Labute approximate surface area is 115 Å². The van der Waals surface area contributed by atoms with Crippen LogP contribution < -0.4 is 0 Å². The van der Waals surface area contributed by atoms with Crippen LogP contribution in [0.3, 0.4) is 0 Å². The number of likely N-dealkylation sites (tertiary alicyclic amines) is 1. The molecule has 4 heteroatoms. The van der Waals surface area contributed by atoms with E-state index >= 15 is 0 Å². The smallest absolute Gasteiger partial charge is 0.263 e. The van der Waals surface area contributed by atoms with Crippen LogP contribution in [-0.4, -0.2) is 28.7 Å². The minimum Gasteiger partial charge on any atom is -0.338 e. The van der Waals surface area contributed by atoms with Crippen LogP contribution in [0, 0.1) is 12.8 Å². The number of alkyl halides is 1. The summed E-state index contributed by atoms with van der Waals surface area (Å²) in [5.41, 5.74) is 0. The van der Waals surface area contributed by atoms with Crippen LogP contribution in [-0.2, 0) is 0 Å². The molecule has 0 bridgehead atoms. The molecule has 0 N–H and O–H groups in total. The Morgan fingerprint density at radius 3 is 2.59 bits per heavy atom. The van der Waals surface area contributed by atoms with Crippen LogP contribution in [0.2, 0.25) is 0 Å². The first-order chi connectivity index (χ1) is 8.08. The van der Waals surface area contributed by atoms with Crippen molar-refractivity contribution in [2.75, 3.05) is 13.1 Å². The maximum Gasteiger partial charge on any atom is 0.263 e. The predicted molar refractivity (Wildman–Crippen MR) is 76.1 cm³/mol. The van der Waals surface area contributed by atoms with Gasteiger partial charge >= 0.3 is 0 Å². The molecule has 0 saturated carbocycles. The fourth-order valence-electron chi connectivity index (χ4n) is 2.27. The SMILES string of the molecule is Cc1ccc(C(=O)N2CCC(C(C)Br)CC2)s1. The Balaban J connectivity index is 1.95. The fraction of sp³-hybridized carbons (Fsp3) is 0.615. The molecule has 1 atom stereocenters. The second-order valence-corrected chi connectivity index (χ2v) is 7.45. The van der Waals surface area contributed by atoms with E-state index < -0.39 is 0 Å². The van der Waals surface area contributed by atoms with Crippen molar-refractivity contribution in [1.29, 1.82) is 0 Å². The summed E-state index contributed by atoms with van der Waals surface area (Å²) in [5, 5.41) is 0. The number of nitrogens with zero attached hydrogens (tertiary/aromatic N) is 1. The summed E-state index contributed by atoms with van der Waals surface area (Å²) in [6.45, 7) is 6.04. The van der Waals surface area contributed by atoms with E-state index in [1.54, 1.807) is 11.3 Å². The second kappa shape index (κ2) is 5.53. The molecule has 1 saturated heterocycles. The zero-order chi connectivity index (χ0) is 12.4. The van der Waals surface area contributed by atoms with Gasteiger partial charge in [-0.05, 0) is 37.8 Å². The van der Waals surface area contributed by atoms with Crippen molar-refractivity contribution in [3.8, 4) is 0 Å². The number of hydrogen-bond acceptors (Lipinski definition) is 2. The monoisotopic (exact) mass is 315 g/mol. The van der Waals surface area contributed by atoms with Crippen molar-refractivity contribution in [3.05, 3.63) is 21.9 Å². The lowest BCUT2D eigenvalue weighted by atomic mass is 9.94. The number of amides is 1. The lowest BCUT2D eigenvalue weighted by Gasteiger charge is -2.33. The Kier molecular flexibility index (Phi) is 4.26. The number of rotatable bonds is 2. The molecule has 1 unspecified atom stereocenters. The molecule has 17 heavy (non-hydrogen) atoms. The highest BCUT2D eigenvalue weighted by Gasteiger charge is 2.26. The van der Waals surface area contributed by atoms with Crippen LogP contribution in [0.15, 0.2) is 12.1 Å². The van der Waals surface area contributed by atoms with Gasteiger partial charge in [0.1, 0.15) is 0 Å². The molecule has 2 heterocycles. The van der Waals surface area contributed by atoms with Crippen molar-refractivity contribution in [2.24, 2.45) is 5.92 Å². The Bertz CT molecular complexity index is 394. The van der Waals surface area contributed by atoms with E-state index in [2.05, 4.69) is 22.9 Å². The summed E-state index contributed by atoms with van der Waals surface area (Å²) in [6, 6.07) is 3.97. The summed E-state index contributed by atoms with van der Waals surface area (Å²) in [6.07, 6.45) is 2.23. The lowest BCUT2D eigenvalue weighted by Crippen LogP contribution is -2.39. The van der Waals surface area contributed by atoms with E-state index in [9.17, 15) is 4.79 Å². The maximum absolute atomic E-state index is 12.2. The highest BCUT2D eigenvalue weighted by Crippen LogP contribution is 2.26. The average Bonchev–Trinajstić information content (AvgIpc) is 2.75. The molecule has 1 aliphatic heterocycles. The van der Waals surface area contributed by atoms with E-state index in [4.69, 9.17) is 0 Å². The minimum absolute atomic E-state index is 0.212. The van der Waals surface area contributed by atoms with E-state index in [1.807, 2.05) is 24.0 Å². The molecule has 2 rings (SSSR count). The zero-order valence-corrected chi connectivity index (χ0v) is 12.7. The van der Waals surface area contributed by atoms with Crippen LogP contribution in [0.4, 0.5) is 0 Å². The van der Waals surface area contributed by atoms with Crippen LogP contribution in [0.25, 0.3) is 0 Å². The highest BCUT2D eigenvalue weighted by molar-refractivity contribution is 9.09.